The van der Waals surface area contributed by atoms with Gasteiger partial charge in [0.2, 0.25) is 17.5 Å². The van der Waals surface area contributed by atoms with E-state index in [1.54, 1.807) is 5.32 Å². The van der Waals surface area contributed by atoms with Crippen molar-refractivity contribution in [2.75, 3.05) is 11.9 Å². The first-order valence-electron chi connectivity index (χ1n) is 10.8. The van der Waals surface area contributed by atoms with Crippen molar-refractivity contribution in [2.45, 2.75) is 31.8 Å². The molecule has 0 aromatic heterocycles. The molecule has 0 aliphatic carbocycles. The average Bonchev–Trinajstić information content (AvgIpc) is 2.86. The highest BCUT2D eigenvalue weighted by Gasteiger charge is 2.28. The molecule has 0 saturated carbocycles. The number of anilines is 1. The summed E-state index contributed by atoms with van der Waals surface area (Å²) in [5.41, 5.74) is -0.930. The van der Waals surface area contributed by atoms with E-state index in [4.69, 9.17) is 5.11 Å². The lowest BCUT2D eigenvalue weighted by molar-refractivity contribution is -0.139. The van der Waals surface area contributed by atoms with Crippen molar-refractivity contribution in [3.8, 4) is 5.75 Å². The highest BCUT2D eigenvalue weighted by Crippen LogP contribution is 2.26. The number of benzene rings is 2. The number of rotatable bonds is 11. The van der Waals surface area contributed by atoms with Gasteiger partial charge in [0.25, 0.3) is 0 Å². The zero-order valence-corrected chi connectivity index (χ0v) is 19.7. The molecule has 0 radical (unpaired) electrons. The van der Waals surface area contributed by atoms with Crippen molar-refractivity contribution in [3.63, 3.8) is 0 Å². The molecule has 2 aromatic rings. The van der Waals surface area contributed by atoms with E-state index >= 15 is 0 Å². The minimum Gasteiger partial charge on any atom is -0.481 e. The highest BCUT2D eigenvalue weighted by molar-refractivity contribution is 6.40. The summed E-state index contributed by atoms with van der Waals surface area (Å²) in [4.78, 5) is 59.9. The van der Waals surface area contributed by atoms with Crippen molar-refractivity contribution in [2.24, 2.45) is 0 Å². The molecule has 4 N–H and O–H groups in total. The highest BCUT2D eigenvalue weighted by atomic mass is 19.2. The zero-order valence-electron chi connectivity index (χ0n) is 19.7. The molecule has 0 aliphatic rings. The number of hydrogen-bond donors (Lipinski definition) is 4. The number of nitrogens with one attached hydrogen (secondary N) is 3. The number of carbonyl (C=O) groups is 5. The maximum atomic E-state index is 13.8. The van der Waals surface area contributed by atoms with E-state index in [9.17, 15) is 50.3 Å². The molecule has 16 heteroatoms. The fourth-order valence-electron chi connectivity index (χ4n) is 2.92. The van der Waals surface area contributed by atoms with Gasteiger partial charge in [-0.05, 0) is 25.5 Å². The quantitative estimate of drug-likeness (QED) is 0.185. The Hall–Kier alpha value is -4.63. The molecule has 3 amide bonds. The Kier molecular flexibility index (Phi) is 10.4. The molecule has 0 bridgehead atoms. The lowest BCUT2D eigenvalue weighted by Crippen LogP contribution is -2.52. The minimum atomic E-state index is -1.95. The number of halogens is 6. The van der Waals surface area contributed by atoms with E-state index in [0.29, 0.717) is 0 Å². The van der Waals surface area contributed by atoms with Gasteiger partial charge in [-0.25, -0.2) is 17.6 Å². The average molecular weight is 563 g/mol. The number of para-hydroxylation sites is 1. The van der Waals surface area contributed by atoms with Gasteiger partial charge in [0, 0.05) is 12.5 Å². The van der Waals surface area contributed by atoms with Crippen LogP contribution in [0, 0.1) is 34.9 Å². The fraction of sp³-hybridized carbons (Fsp3) is 0.261. The van der Waals surface area contributed by atoms with Gasteiger partial charge in [-0.1, -0.05) is 6.07 Å². The molecule has 39 heavy (non-hydrogen) atoms. The Morgan fingerprint density at radius 3 is 1.97 bits per heavy atom. The molecule has 2 atom stereocenters. The van der Waals surface area contributed by atoms with Crippen LogP contribution in [0.3, 0.4) is 0 Å². The number of carboxylic acid groups (broad SMARTS) is 1. The molecule has 210 valence electrons. The lowest BCUT2D eigenvalue weighted by atomic mass is 10.1. The van der Waals surface area contributed by atoms with E-state index in [-0.39, 0.29) is 6.07 Å². The maximum Gasteiger partial charge on any atom is 0.313 e. The van der Waals surface area contributed by atoms with Gasteiger partial charge < -0.3 is 25.8 Å². The number of aliphatic carboxylic acids is 1. The van der Waals surface area contributed by atoms with Gasteiger partial charge in [-0.3, -0.25) is 24.0 Å². The Labute approximate surface area is 215 Å². The molecule has 2 unspecified atom stereocenters. The Bertz CT molecular complexity index is 1260. The topological polar surface area (TPSA) is 151 Å². The first-order chi connectivity index (χ1) is 18.2. The van der Waals surface area contributed by atoms with Crippen LogP contribution in [0.25, 0.3) is 0 Å². The molecular weight excluding hydrogens is 544 g/mol. The van der Waals surface area contributed by atoms with Crippen LogP contribution in [0.5, 0.6) is 5.75 Å². The molecule has 0 spiro atoms. The summed E-state index contributed by atoms with van der Waals surface area (Å²) in [5, 5.41) is 14.5. The second kappa shape index (κ2) is 13.3. The predicted octanol–water partition coefficient (Wildman–Crippen LogP) is 1.96. The molecule has 10 nitrogen and oxygen atoms in total. The van der Waals surface area contributed by atoms with E-state index in [1.165, 1.54) is 0 Å². The number of amides is 3. The van der Waals surface area contributed by atoms with Gasteiger partial charge in [-0.2, -0.15) is 8.78 Å². The largest absolute Gasteiger partial charge is 0.481 e. The molecule has 0 fully saturated rings. The summed E-state index contributed by atoms with van der Waals surface area (Å²) in [6.45, 7) is -0.238. The van der Waals surface area contributed by atoms with E-state index in [1.807, 2.05) is 10.6 Å². The van der Waals surface area contributed by atoms with Crippen LogP contribution < -0.4 is 20.7 Å². The standard InChI is InChI=1S/C23H19F6N3O7/c1-9(30-22(37)23(38)32-19-10(24)3-2-4-11(19)25)21(36)31-14(5-6-16(34)35)15(33)8-39-20-17(28)12(26)7-13(27)18(20)29/h2-4,7,9,14H,5-6,8H2,1H3,(H,30,37)(H,31,36)(H,32,38)(H,34,35). The van der Waals surface area contributed by atoms with Crippen LogP contribution in [-0.2, 0) is 24.0 Å². The number of hydrogen-bond acceptors (Lipinski definition) is 6. The fourth-order valence-corrected chi connectivity index (χ4v) is 2.92. The predicted molar refractivity (Wildman–Crippen MR) is 118 cm³/mol. The smallest absolute Gasteiger partial charge is 0.313 e. The number of Topliss-reactive ketones (excluding diaryl/α,β-unsaturated/α-hetero) is 1. The maximum absolute atomic E-state index is 13.8. The van der Waals surface area contributed by atoms with Crippen LogP contribution in [0.2, 0.25) is 0 Å². The zero-order chi connectivity index (χ0) is 29.4. The first kappa shape index (κ1) is 30.6. The number of carbonyl (C=O) groups excluding carboxylic acids is 4. The molecule has 0 heterocycles. The summed E-state index contributed by atoms with van der Waals surface area (Å²) in [6.07, 6.45) is -1.29. The molecular formula is C23H19F6N3O7. The molecule has 0 aliphatic heterocycles. The molecule has 0 saturated heterocycles. The second-order valence-corrected chi connectivity index (χ2v) is 7.79. The van der Waals surface area contributed by atoms with E-state index in [0.717, 1.165) is 25.1 Å². The number of ether oxygens (including phenoxy) is 1. The van der Waals surface area contributed by atoms with Crippen molar-refractivity contribution in [1.29, 1.82) is 0 Å². The molecule has 2 rings (SSSR count). The van der Waals surface area contributed by atoms with Gasteiger partial charge in [0.15, 0.2) is 23.2 Å². The minimum absolute atomic E-state index is 0.0992. The van der Waals surface area contributed by atoms with Crippen LogP contribution in [-0.4, -0.2) is 53.3 Å². The third-order valence-corrected chi connectivity index (χ3v) is 4.93. The summed E-state index contributed by atoms with van der Waals surface area (Å²) in [5.74, 6) is -18.3. The second-order valence-electron chi connectivity index (χ2n) is 7.79. The van der Waals surface area contributed by atoms with Crippen LogP contribution in [0.1, 0.15) is 19.8 Å². The first-order valence-corrected chi connectivity index (χ1v) is 10.8. The lowest BCUT2D eigenvalue weighted by Gasteiger charge is -2.20. The third-order valence-electron chi connectivity index (χ3n) is 4.93. The number of carboxylic acids is 1. The monoisotopic (exact) mass is 563 g/mol. The van der Waals surface area contributed by atoms with Crippen LogP contribution in [0.15, 0.2) is 24.3 Å². The van der Waals surface area contributed by atoms with Crippen molar-refractivity contribution < 1.29 is 60.2 Å². The third kappa shape index (κ3) is 8.18. The van der Waals surface area contributed by atoms with Crippen LogP contribution in [0.4, 0.5) is 32.0 Å². The van der Waals surface area contributed by atoms with Gasteiger partial charge in [0.1, 0.15) is 30.0 Å². The Morgan fingerprint density at radius 2 is 1.44 bits per heavy atom. The van der Waals surface area contributed by atoms with Gasteiger partial charge in [0.05, 0.1) is 6.04 Å². The summed E-state index contributed by atoms with van der Waals surface area (Å²) < 4.78 is 86.0. The van der Waals surface area contributed by atoms with Crippen molar-refractivity contribution >= 4 is 35.2 Å². The van der Waals surface area contributed by atoms with E-state index < -0.39 is 107 Å². The van der Waals surface area contributed by atoms with Crippen LogP contribution >= 0.6 is 0 Å². The van der Waals surface area contributed by atoms with Crippen molar-refractivity contribution in [1.82, 2.24) is 10.6 Å². The summed E-state index contributed by atoms with van der Waals surface area (Å²) >= 11 is 0. The Morgan fingerprint density at radius 1 is 0.872 bits per heavy atom. The normalized spacial score (nSPS) is 12.2. The van der Waals surface area contributed by atoms with Gasteiger partial charge >= 0.3 is 17.8 Å². The SMILES string of the molecule is CC(NC(=O)C(=O)Nc1c(F)cccc1F)C(=O)NC(CCC(=O)O)C(=O)COc1c(F)c(F)cc(F)c1F. The summed E-state index contributed by atoms with van der Waals surface area (Å²) in [6, 6.07) is -0.765. The Balaban J connectivity index is 2.06. The summed E-state index contributed by atoms with van der Waals surface area (Å²) in [7, 11) is 0. The van der Waals surface area contributed by atoms with Crippen molar-refractivity contribution in [3.05, 3.63) is 59.2 Å². The molecule has 2 aromatic carbocycles. The number of ketones is 1. The van der Waals surface area contributed by atoms with Gasteiger partial charge in [-0.15, -0.1) is 0 Å². The van der Waals surface area contributed by atoms with E-state index in [2.05, 4.69) is 4.74 Å².